The number of alkyl halides is 3. The van der Waals surface area contributed by atoms with Gasteiger partial charge >= 0.3 is 12.1 Å². The normalized spacial score (nSPS) is 17.6. The highest BCUT2D eigenvalue weighted by molar-refractivity contribution is 5.99. The fourth-order valence-corrected chi connectivity index (χ4v) is 3.40. The highest BCUT2D eigenvalue weighted by Gasteiger charge is 2.35. The number of halogens is 3. The van der Waals surface area contributed by atoms with Crippen LogP contribution < -0.4 is 15.0 Å². The van der Waals surface area contributed by atoms with Crippen LogP contribution in [0.1, 0.15) is 57.0 Å². The van der Waals surface area contributed by atoms with Gasteiger partial charge in [0.15, 0.2) is 5.84 Å². The number of hydrogen-bond donors (Lipinski definition) is 2. The van der Waals surface area contributed by atoms with Crippen molar-refractivity contribution < 1.29 is 37.4 Å². The molecule has 0 bridgehead atoms. The van der Waals surface area contributed by atoms with Crippen molar-refractivity contribution in [2.75, 3.05) is 0 Å². The van der Waals surface area contributed by atoms with Crippen LogP contribution in [0.2, 0.25) is 0 Å². The maximum atomic E-state index is 13.5. The van der Waals surface area contributed by atoms with Crippen molar-refractivity contribution in [3.8, 4) is 11.5 Å². The zero-order chi connectivity index (χ0) is 25.0. The van der Waals surface area contributed by atoms with Crippen LogP contribution in [0.3, 0.4) is 0 Å². The van der Waals surface area contributed by atoms with Crippen LogP contribution in [0, 0.1) is 5.92 Å². The monoisotopic (exact) mass is 480 g/mol. The molecule has 184 valence electrons. The average Bonchev–Trinajstić information content (AvgIpc) is 3.23. The van der Waals surface area contributed by atoms with Gasteiger partial charge in [0.05, 0.1) is 23.7 Å². The minimum absolute atomic E-state index is 0.170. The van der Waals surface area contributed by atoms with E-state index < -0.39 is 36.0 Å². The quantitative estimate of drug-likeness (QED) is 0.503. The summed E-state index contributed by atoms with van der Waals surface area (Å²) < 4.78 is 51.6. The summed E-state index contributed by atoms with van der Waals surface area (Å²) in [6.07, 6.45) is -5.68. The van der Waals surface area contributed by atoms with Gasteiger partial charge in [-0.3, -0.25) is 4.79 Å². The van der Waals surface area contributed by atoms with E-state index in [-0.39, 0.29) is 23.3 Å². The van der Waals surface area contributed by atoms with Gasteiger partial charge < -0.3 is 14.6 Å². The van der Waals surface area contributed by atoms with Crippen LogP contribution >= 0.6 is 0 Å². The van der Waals surface area contributed by atoms with Crippen molar-refractivity contribution >= 4 is 11.8 Å². The molecule has 10 heteroatoms. The number of amidine groups is 1. The first-order chi connectivity index (χ1) is 15.9. The molecule has 0 fully saturated rings. The molecule has 1 aliphatic rings. The Bertz CT molecular complexity index is 1040. The number of ether oxygens (including phenoxy) is 2. The van der Waals surface area contributed by atoms with Crippen molar-refractivity contribution in [1.29, 1.82) is 0 Å². The SMILES string of the molecule is CC(C)Oc1ccc(C2=NC(c3ccc(OC(C)CC(C)C(=O)O)cc3)ON2)cc1C(F)(F)F. The Morgan fingerprint density at radius 1 is 1.12 bits per heavy atom. The maximum absolute atomic E-state index is 13.5. The first kappa shape index (κ1) is 25.4. The van der Waals surface area contributed by atoms with Gasteiger partial charge in [-0.05, 0) is 57.5 Å². The van der Waals surface area contributed by atoms with Crippen LogP contribution in [-0.2, 0) is 15.8 Å². The van der Waals surface area contributed by atoms with Gasteiger partial charge in [0, 0.05) is 11.1 Å². The summed E-state index contributed by atoms with van der Waals surface area (Å²) in [7, 11) is 0. The highest BCUT2D eigenvalue weighted by atomic mass is 19.4. The predicted octanol–water partition coefficient (Wildman–Crippen LogP) is 5.35. The van der Waals surface area contributed by atoms with E-state index in [2.05, 4.69) is 10.5 Å². The molecule has 3 unspecified atom stereocenters. The molecule has 0 spiro atoms. The number of carbonyl (C=O) groups is 1. The number of benzene rings is 2. The van der Waals surface area contributed by atoms with Gasteiger partial charge in [-0.1, -0.05) is 19.1 Å². The Labute approximate surface area is 195 Å². The highest BCUT2D eigenvalue weighted by Crippen LogP contribution is 2.38. The average molecular weight is 480 g/mol. The zero-order valence-electron chi connectivity index (χ0n) is 19.2. The predicted molar refractivity (Wildman–Crippen MR) is 119 cm³/mol. The number of rotatable bonds is 9. The van der Waals surface area contributed by atoms with Crippen LogP contribution in [0.4, 0.5) is 13.2 Å². The standard InChI is InChI=1S/C24H27F3N2O5/c1-13(2)32-20-10-7-17(12-19(20)24(25,26)27)21-28-22(34-29-21)16-5-8-18(9-6-16)33-15(4)11-14(3)23(30)31/h5-10,12-15,22H,11H2,1-4H3,(H,28,29)(H,30,31). The second kappa shape index (κ2) is 10.3. The first-order valence-electron chi connectivity index (χ1n) is 10.8. The zero-order valence-corrected chi connectivity index (χ0v) is 19.2. The van der Waals surface area contributed by atoms with E-state index in [9.17, 15) is 18.0 Å². The molecule has 3 atom stereocenters. The molecule has 0 amide bonds. The summed E-state index contributed by atoms with van der Waals surface area (Å²) in [6.45, 7) is 6.72. The summed E-state index contributed by atoms with van der Waals surface area (Å²) in [5.41, 5.74) is 2.58. The third-order valence-corrected chi connectivity index (χ3v) is 5.04. The van der Waals surface area contributed by atoms with Crippen LogP contribution in [0.25, 0.3) is 0 Å². The topological polar surface area (TPSA) is 89.4 Å². The van der Waals surface area contributed by atoms with Crippen LogP contribution in [-0.4, -0.2) is 29.1 Å². The molecule has 0 aliphatic carbocycles. The first-order valence-corrected chi connectivity index (χ1v) is 10.8. The number of nitrogens with zero attached hydrogens (tertiary/aromatic N) is 1. The van der Waals surface area contributed by atoms with Crippen molar-refractivity contribution in [1.82, 2.24) is 5.48 Å². The Morgan fingerprint density at radius 2 is 1.79 bits per heavy atom. The second-order valence-electron chi connectivity index (χ2n) is 8.40. The largest absolute Gasteiger partial charge is 0.491 e. The second-order valence-corrected chi connectivity index (χ2v) is 8.40. The minimum Gasteiger partial charge on any atom is -0.491 e. The van der Waals surface area contributed by atoms with Gasteiger partial charge in [0.25, 0.3) is 0 Å². The summed E-state index contributed by atoms with van der Waals surface area (Å²) >= 11 is 0. The number of hydroxylamine groups is 1. The van der Waals surface area contributed by atoms with Gasteiger partial charge in [-0.2, -0.15) is 13.2 Å². The molecular weight excluding hydrogens is 453 g/mol. The van der Waals surface area contributed by atoms with E-state index in [1.165, 1.54) is 12.1 Å². The van der Waals surface area contributed by atoms with E-state index in [1.54, 1.807) is 52.0 Å². The number of carboxylic acid groups (broad SMARTS) is 1. The van der Waals surface area contributed by atoms with Crippen molar-refractivity contribution in [3.05, 3.63) is 59.2 Å². The molecule has 1 heterocycles. The van der Waals surface area contributed by atoms with Crippen LogP contribution in [0.15, 0.2) is 47.5 Å². The molecular formula is C24H27F3N2O5. The molecule has 2 N–H and O–H groups in total. The van der Waals surface area contributed by atoms with Crippen molar-refractivity contribution in [3.63, 3.8) is 0 Å². The van der Waals surface area contributed by atoms with Gasteiger partial charge in [0.2, 0.25) is 6.23 Å². The van der Waals surface area contributed by atoms with E-state index in [0.29, 0.717) is 17.7 Å². The lowest BCUT2D eigenvalue weighted by Crippen LogP contribution is -2.20. The summed E-state index contributed by atoms with van der Waals surface area (Å²) in [5, 5.41) is 9.01. The minimum atomic E-state index is -4.59. The summed E-state index contributed by atoms with van der Waals surface area (Å²) in [4.78, 5) is 20.8. The molecule has 0 radical (unpaired) electrons. The number of aliphatic carboxylic acids is 1. The lowest BCUT2D eigenvalue weighted by molar-refractivity contribution is -0.142. The van der Waals surface area contributed by atoms with E-state index in [0.717, 1.165) is 6.07 Å². The van der Waals surface area contributed by atoms with E-state index >= 15 is 0 Å². The van der Waals surface area contributed by atoms with Crippen molar-refractivity contribution in [2.45, 2.75) is 58.7 Å². The van der Waals surface area contributed by atoms with Gasteiger partial charge in [0.1, 0.15) is 11.5 Å². The molecule has 0 saturated heterocycles. The third-order valence-electron chi connectivity index (χ3n) is 5.04. The molecule has 0 saturated carbocycles. The molecule has 7 nitrogen and oxygen atoms in total. The molecule has 2 aromatic carbocycles. The Hall–Kier alpha value is -3.27. The molecule has 0 aromatic heterocycles. The Balaban J connectivity index is 1.72. The fourth-order valence-electron chi connectivity index (χ4n) is 3.40. The molecule has 34 heavy (non-hydrogen) atoms. The Morgan fingerprint density at radius 3 is 2.38 bits per heavy atom. The molecule has 1 aliphatic heterocycles. The van der Waals surface area contributed by atoms with E-state index in [1.807, 2.05) is 0 Å². The van der Waals surface area contributed by atoms with Gasteiger partial charge in [-0.25, -0.2) is 15.3 Å². The number of hydrogen-bond acceptors (Lipinski definition) is 6. The van der Waals surface area contributed by atoms with Gasteiger partial charge in [-0.15, -0.1) is 0 Å². The third kappa shape index (κ3) is 6.40. The number of nitrogens with one attached hydrogen (secondary N) is 1. The van der Waals surface area contributed by atoms with Crippen molar-refractivity contribution in [2.24, 2.45) is 10.9 Å². The lowest BCUT2D eigenvalue weighted by Gasteiger charge is -2.17. The Kier molecular flexibility index (Phi) is 7.71. The molecule has 2 aromatic rings. The summed E-state index contributed by atoms with van der Waals surface area (Å²) in [5.74, 6) is -0.925. The number of aliphatic imine (C=N–C) groups is 1. The van der Waals surface area contributed by atoms with E-state index in [4.69, 9.17) is 19.4 Å². The lowest BCUT2D eigenvalue weighted by atomic mass is 10.1. The smallest absolute Gasteiger partial charge is 0.419 e. The van der Waals surface area contributed by atoms with Crippen LogP contribution in [0.5, 0.6) is 11.5 Å². The number of carboxylic acids is 1. The summed E-state index contributed by atoms with van der Waals surface area (Å²) in [6, 6.07) is 10.6. The fraction of sp³-hybridized carbons (Fsp3) is 0.417. The molecule has 3 rings (SSSR count). The maximum Gasteiger partial charge on any atom is 0.419 e.